The van der Waals surface area contributed by atoms with Gasteiger partial charge in [0.05, 0.1) is 11.4 Å². The van der Waals surface area contributed by atoms with E-state index in [0.29, 0.717) is 5.56 Å². The van der Waals surface area contributed by atoms with Gasteiger partial charge in [-0.15, -0.1) is 0 Å². The Kier molecular flexibility index (Phi) is 6.90. The molecule has 0 saturated heterocycles. The Hall–Kier alpha value is -1.35. The Balaban J connectivity index is 3.18. The largest absolute Gasteiger partial charge is 0.320 e. The second-order valence-electron chi connectivity index (χ2n) is 5.02. The molecule has 1 aromatic rings. The Morgan fingerprint density at radius 1 is 1.33 bits per heavy atom. The minimum Gasteiger partial charge on any atom is -0.320 e. The van der Waals surface area contributed by atoms with Gasteiger partial charge < -0.3 is 5.73 Å². The molecule has 1 unspecified atom stereocenters. The van der Waals surface area contributed by atoms with Crippen LogP contribution in [-0.4, -0.2) is 21.0 Å². The molecule has 0 aromatic heterocycles. The van der Waals surface area contributed by atoms with Crippen molar-refractivity contribution in [1.29, 1.82) is 0 Å². The molecule has 3 N–H and O–H groups in total. The second-order valence-corrected chi connectivity index (χ2v) is 6.70. The van der Waals surface area contributed by atoms with Gasteiger partial charge in [-0.25, -0.2) is 13.1 Å². The van der Waals surface area contributed by atoms with Crippen LogP contribution in [0.3, 0.4) is 0 Å². The highest BCUT2D eigenvalue weighted by Gasteiger charge is 2.21. The first-order valence-electron chi connectivity index (χ1n) is 7.26. The van der Waals surface area contributed by atoms with Crippen molar-refractivity contribution in [2.24, 2.45) is 5.73 Å². The fourth-order valence-corrected chi connectivity index (χ4v) is 3.60. The Morgan fingerprint density at radius 2 is 2.05 bits per heavy atom. The maximum atomic E-state index is 12.6. The van der Waals surface area contributed by atoms with Crippen molar-refractivity contribution in [2.45, 2.75) is 51.0 Å². The Morgan fingerprint density at radius 3 is 2.62 bits per heavy atom. The van der Waals surface area contributed by atoms with Gasteiger partial charge in [0.25, 0.3) is 0 Å². The van der Waals surface area contributed by atoms with E-state index in [1.165, 1.54) is 0 Å². The normalized spacial score (nSPS) is 12.6. The SMILES string of the molecule is CCCC(CC)NS(=O)(=O)c1ccc(C)cc1C#CCN. The highest BCUT2D eigenvalue weighted by molar-refractivity contribution is 7.89. The topological polar surface area (TPSA) is 72.2 Å². The van der Waals surface area contributed by atoms with Crippen molar-refractivity contribution in [3.8, 4) is 11.8 Å². The molecule has 0 amide bonds. The molecule has 0 radical (unpaired) electrons. The first kappa shape index (κ1) is 17.7. The van der Waals surface area contributed by atoms with Gasteiger partial charge in [-0.05, 0) is 37.5 Å². The van der Waals surface area contributed by atoms with Crippen molar-refractivity contribution < 1.29 is 8.42 Å². The van der Waals surface area contributed by atoms with Crippen molar-refractivity contribution >= 4 is 10.0 Å². The average molecular weight is 308 g/mol. The first-order chi connectivity index (χ1) is 9.94. The van der Waals surface area contributed by atoms with Gasteiger partial charge in [-0.3, -0.25) is 0 Å². The third-order valence-electron chi connectivity index (χ3n) is 3.20. The quantitative estimate of drug-likeness (QED) is 0.791. The molecule has 0 aliphatic heterocycles. The molecule has 5 heteroatoms. The zero-order chi connectivity index (χ0) is 15.9. The van der Waals surface area contributed by atoms with Crippen molar-refractivity contribution in [3.05, 3.63) is 29.3 Å². The lowest BCUT2D eigenvalue weighted by atomic mass is 10.1. The van der Waals surface area contributed by atoms with Gasteiger partial charge >= 0.3 is 0 Å². The molecule has 116 valence electrons. The molecule has 0 saturated carbocycles. The van der Waals surface area contributed by atoms with Crippen LogP contribution in [0, 0.1) is 18.8 Å². The van der Waals surface area contributed by atoms with E-state index >= 15 is 0 Å². The summed E-state index contributed by atoms with van der Waals surface area (Å²) in [5.41, 5.74) is 6.84. The maximum Gasteiger partial charge on any atom is 0.242 e. The van der Waals surface area contributed by atoms with Gasteiger partial charge in [-0.1, -0.05) is 38.2 Å². The van der Waals surface area contributed by atoms with Gasteiger partial charge in [0.1, 0.15) is 0 Å². The van der Waals surface area contributed by atoms with E-state index in [1.807, 2.05) is 20.8 Å². The fourth-order valence-electron chi connectivity index (χ4n) is 2.10. The summed E-state index contributed by atoms with van der Waals surface area (Å²) in [5, 5.41) is 0. The molecular formula is C16H24N2O2S. The average Bonchev–Trinajstić information content (AvgIpc) is 2.44. The summed E-state index contributed by atoms with van der Waals surface area (Å²) in [6.45, 7) is 6.13. The minimum atomic E-state index is -3.56. The lowest BCUT2D eigenvalue weighted by Gasteiger charge is -2.17. The van der Waals surface area contributed by atoms with Crippen LogP contribution < -0.4 is 10.5 Å². The van der Waals surface area contributed by atoms with Crippen LogP contribution in [-0.2, 0) is 10.0 Å². The third kappa shape index (κ3) is 5.16. The predicted molar refractivity (Wildman–Crippen MR) is 86.4 cm³/mol. The van der Waals surface area contributed by atoms with Crippen LogP contribution in [0.1, 0.15) is 44.2 Å². The van der Waals surface area contributed by atoms with Crippen molar-refractivity contribution in [3.63, 3.8) is 0 Å². The van der Waals surface area contributed by atoms with Crippen molar-refractivity contribution in [1.82, 2.24) is 4.72 Å². The standard InChI is InChI=1S/C16H24N2O2S/c1-4-7-15(5-2)18-21(19,20)16-10-9-13(3)12-14(16)8-6-11-17/h9-10,12,15,18H,4-5,7,11,17H2,1-3H3. The van der Waals surface area contributed by atoms with E-state index in [9.17, 15) is 8.42 Å². The molecule has 1 rings (SSSR count). The zero-order valence-corrected chi connectivity index (χ0v) is 13.8. The molecule has 0 aliphatic carbocycles. The molecule has 0 heterocycles. The number of benzene rings is 1. The van der Waals surface area contributed by atoms with Crippen LogP contribution in [0.25, 0.3) is 0 Å². The number of sulfonamides is 1. The molecular weight excluding hydrogens is 284 g/mol. The molecule has 1 aromatic carbocycles. The van der Waals surface area contributed by atoms with Crippen LogP contribution in [0.5, 0.6) is 0 Å². The number of nitrogens with two attached hydrogens (primary N) is 1. The maximum absolute atomic E-state index is 12.6. The van der Waals surface area contributed by atoms with E-state index in [2.05, 4.69) is 16.6 Å². The lowest BCUT2D eigenvalue weighted by Crippen LogP contribution is -2.34. The third-order valence-corrected chi connectivity index (χ3v) is 4.78. The van der Waals surface area contributed by atoms with E-state index in [0.717, 1.165) is 24.8 Å². The van der Waals surface area contributed by atoms with Crippen LogP contribution >= 0.6 is 0 Å². The van der Waals surface area contributed by atoms with Gasteiger partial charge in [0, 0.05) is 11.6 Å². The second kappa shape index (κ2) is 8.18. The van der Waals surface area contributed by atoms with Gasteiger partial charge in [0.2, 0.25) is 10.0 Å². The number of hydrogen-bond donors (Lipinski definition) is 2. The molecule has 0 spiro atoms. The Bertz CT molecular complexity index is 627. The number of aryl methyl sites for hydroxylation is 1. The summed E-state index contributed by atoms with van der Waals surface area (Å²) < 4.78 is 27.9. The summed E-state index contributed by atoms with van der Waals surface area (Å²) in [6, 6.07) is 5.12. The summed E-state index contributed by atoms with van der Waals surface area (Å²) in [5.74, 6) is 5.57. The predicted octanol–water partition coefficient (Wildman–Crippen LogP) is 2.16. The number of nitrogens with one attached hydrogen (secondary N) is 1. The smallest absolute Gasteiger partial charge is 0.242 e. The molecule has 0 aliphatic rings. The van der Waals surface area contributed by atoms with E-state index < -0.39 is 10.0 Å². The van der Waals surface area contributed by atoms with Crippen LogP contribution in [0.2, 0.25) is 0 Å². The van der Waals surface area contributed by atoms with Crippen LogP contribution in [0.4, 0.5) is 0 Å². The first-order valence-corrected chi connectivity index (χ1v) is 8.74. The molecule has 0 bridgehead atoms. The minimum absolute atomic E-state index is 0.0448. The molecule has 1 atom stereocenters. The van der Waals surface area contributed by atoms with Crippen molar-refractivity contribution in [2.75, 3.05) is 6.54 Å². The fraction of sp³-hybridized carbons (Fsp3) is 0.500. The lowest BCUT2D eigenvalue weighted by molar-refractivity contribution is 0.512. The highest BCUT2D eigenvalue weighted by Crippen LogP contribution is 2.18. The molecule has 4 nitrogen and oxygen atoms in total. The summed E-state index contributed by atoms with van der Waals surface area (Å²) >= 11 is 0. The van der Waals surface area contributed by atoms with E-state index in [4.69, 9.17) is 5.73 Å². The van der Waals surface area contributed by atoms with E-state index in [1.54, 1.807) is 18.2 Å². The molecule has 0 fully saturated rings. The van der Waals surface area contributed by atoms with Crippen LogP contribution in [0.15, 0.2) is 23.1 Å². The summed E-state index contributed by atoms with van der Waals surface area (Å²) in [4.78, 5) is 0.226. The monoisotopic (exact) mass is 308 g/mol. The van der Waals surface area contributed by atoms with Gasteiger partial charge in [-0.2, -0.15) is 0 Å². The number of rotatable bonds is 6. The zero-order valence-electron chi connectivity index (χ0n) is 12.9. The Labute approximate surface area is 128 Å². The summed E-state index contributed by atoms with van der Waals surface area (Å²) in [6.07, 6.45) is 2.53. The summed E-state index contributed by atoms with van der Waals surface area (Å²) in [7, 11) is -3.56. The van der Waals surface area contributed by atoms with Gasteiger partial charge in [0.15, 0.2) is 0 Å². The number of hydrogen-bond acceptors (Lipinski definition) is 3. The molecule has 21 heavy (non-hydrogen) atoms. The highest BCUT2D eigenvalue weighted by atomic mass is 32.2. The van der Waals surface area contributed by atoms with E-state index in [-0.39, 0.29) is 17.5 Å².